The average molecular weight is 217 g/mol. The van der Waals surface area contributed by atoms with Gasteiger partial charge in [-0.25, -0.2) is 9.50 Å². The predicted molar refractivity (Wildman–Crippen MR) is 60.5 cm³/mol. The van der Waals surface area contributed by atoms with E-state index in [1.165, 1.54) is 5.56 Å². The van der Waals surface area contributed by atoms with Gasteiger partial charge in [-0.2, -0.15) is 5.10 Å². The first-order chi connectivity index (χ1) is 7.83. The second-order valence-corrected chi connectivity index (χ2v) is 4.37. The SMILES string of the molecule is Cc1ccc2nc(C3CCOCC3)nn2c1. The Kier molecular flexibility index (Phi) is 2.36. The van der Waals surface area contributed by atoms with Crippen LogP contribution in [-0.4, -0.2) is 27.8 Å². The Morgan fingerprint density at radius 2 is 2.12 bits per heavy atom. The third-order valence-corrected chi connectivity index (χ3v) is 3.08. The number of nitrogens with zero attached hydrogens (tertiary/aromatic N) is 3. The van der Waals surface area contributed by atoms with E-state index < -0.39 is 0 Å². The van der Waals surface area contributed by atoms with Crippen LogP contribution in [0.2, 0.25) is 0 Å². The Morgan fingerprint density at radius 1 is 1.31 bits per heavy atom. The smallest absolute Gasteiger partial charge is 0.155 e. The summed E-state index contributed by atoms with van der Waals surface area (Å²) in [6.07, 6.45) is 4.09. The fraction of sp³-hybridized carbons (Fsp3) is 0.500. The van der Waals surface area contributed by atoms with Crippen molar-refractivity contribution in [1.29, 1.82) is 0 Å². The first kappa shape index (κ1) is 9.78. The lowest BCUT2D eigenvalue weighted by Crippen LogP contribution is -2.15. The van der Waals surface area contributed by atoms with Gasteiger partial charge in [0.1, 0.15) is 0 Å². The van der Waals surface area contributed by atoms with Crippen LogP contribution < -0.4 is 0 Å². The van der Waals surface area contributed by atoms with E-state index >= 15 is 0 Å². The van der Waals surface area contributed by atoms with Crippen molar-refractivity contribution in [2.45, 2.75) is 25.7 Å². The standard InChI is InChI=1S/C12H15N3O/c1-9-2-3-11-13-12(14-15(11)8-9)10-4-6-16-7-5-10/h2-3,8,10H,4-7H2,1H3. The van der Waals surface area contributed by atoms with E-state index in [2.05, 4.69) is 23.1 Å². The van der Waals surface area contributed by atoms with Crippen molar-refractivity contribution in [3.63, 3.8) is 0 Å². The van der Waals surface area contributed by atoms with E-state index in [9.17, 15) is 0 Å². The number of hydrogen-bond donors (Lipinski definition) is 0. The molecule has 0 atom stereocenters. The molecule has 0 N–H and O–H groups in total. The quantitative estimate of drug-likeness (QED) is 0.732. The number of rotatable bonds is 1. The molecule has 3 rings (SSSR count). The molecule has 1 aliphatic rings. The lowest BCUT2D eigenvalue weighted by Gasteiger charge is -2.18. The molecule has 3 heterocycles. The van der Waals surface area contributed by atoms with Crippen LogP contribution in [-0.2, 0) is 4.74 Å². The lowest BCUT2D eigenvalue weighted by molar-refractivity contribution is 0.0836. The summed E-state index contributed by atoms with van der Waals surface area (Å²) in [6, 6.07) is 4.09. The Morgan fingerprint density at radius 3 is 2.94 bits per heavy atom. The largest absolute Gasteiger partial charge is 0.381 e. The molecule has 4 heteroatoms. The molecule has 84 valence electrons. The molecule has 0 spiro atoms. The topological polar surface area (TPSA) is 39.4 Å². The highest BCUT2D eigenvalue weighted by atomic mass is 16.5. The number of aryl methyl sites for hydroxylation is 1. The third-order valence-electron chi connectivity index (χ3n) is 3.08. The van der Waals surface area contributed by atoms with E-state index in [0.29, 0.717) is 5.92 Å². The number of aromatic nitrogens is 3. The van der Waals surface area contributed by atoms with Crippen LogP contribution in [0.4, 0.5) is 0 Å². The molecule has 1 fully saturated rings. The lowest BCUT2D eigenvalue weighted by atomic mass is 10.00. The molecule has 0 radical (unpaired) electrons. The maximum atomic E-state index is 5.35. The number of hydrogen-bond acceptors (Lipinski definition) is 3. The van der Waals surface area contributed by atoms with Crippen molar-refractivity contribution in [3.05, 3.63) is 29.7 Å². The highest BCUT2D eigenvalue weighted by Crippen LogP contribution is 2.24. The molecule has 0 saturated carbocycles. The van der Waals surface area contributed by atoms with Gasteiger partial charge in [0, 0.05) is 25.3 Å². The normalized spacial score (nSPS) is 18.1. The van der Waals surface area contributed by atoms with Crippen LogP contribution in [0.25, 0.3) is 5.65 Å². The van der Waals surface area contributed by atoms with Crippen LogP contribution in [0.1, 0.15) is 30.1 Å². The van der Waals surface area contributed by atoms with Gasteiger partial charge in [0.25, 0.3) is 0 Å². The van der Waals surface area contributed by atoms with Gasteiger partial charge < -0.3 is 4.74 Å². The van der Waals surface area contributed by atoms with Crippen LogP contribution in [0, 0.1) is 6.92 Å². The predicted octanol–water partition coefficient (Wildman–Crippen LogP) is 1.93. The molecule has 4 nitrogen and oxygen atoms in total. The molecule has 0 amide bonds. The Hall–Kier alpha value is -1.42. The molecule has 2 aromatic rings. The average Bonchev–Trinajstić information content (AvgIpc) is 2.73. The van der Waals surface area contributed by atoms with Crippen LogP contribution in [0.15, 0.2) is 18.3 Å². The van der Waals surface area contributed by atoms with Crippen molar-refractivity contribution in [2.75, 3.05) is 13.2 Å². The second kappa shape index (κ2) is 3.87. The minimum atomic E-state index is 0.467. The molecule has 1 aliphatic heterocycles. The molecule has 0 bridgehead atoms. The van der Waals surface area contributed by atoms with E-state index in [1.807, 2.05) is 16.8 Å². The Bertz CT molecular complexity index is 500. The van der Waals surface area contributed by atoms with Crippen molar-refractivity contribution >= 4 is 5.65 Å². The second-order valence-electron chi connectivity index (χ2n) is 4.37. The van der Waals surface area contributed by atoms with Crippen molar-refractivity contribution in [2.24, 2.45) is 0 Å². The van der Waals surface area contributed by atoms with Gasteiger partial charge in [-0.1, -0.05) is 6.07 Å². The first-order valence-electron chi connectivity index (χ1n) is 5.73. The van der Waals surface area contributed by atoms with E-state index in [-0.39, 0.29) is 0 Å². The summed E-state index contributed by atoms with van der Waals surface area (Å²) in [7, 11) is 0. The minimum absolute atomic E-state index is 0.467. The first-order valence-corrected chi connectivity index (χ1v) is 5.73. The summed E-state index contributed by atoms with van der Waals surface area (Å²) in [5.41, 5.74) is 2.14. The van der Waals surface area contributed by atoms with Gasteiger partial charge in [-0.3, -0.25) is 0 Å². The summed E-state index contributed by atoms with van der Waals surface area (Å²) in [6.45, 7) is 3.73. The Labute approximate surface area is 94.3 Å². The van der Waals surface area contributed by atoms with Crippen molar-refractivity contribution in [3.8, 4) is 0 Å². The molecule has 1 saturated heterocycles. The van der Waals surface area contributed by atoms with E-state index in [4.69, 9.17) is 4.74 Å². The minimum Gasteiger partial charge on any atom is -0.381 e. The van der Waals surface area contributed by atoms with Gasteiger partial charge in [-0.05, 0) is 31.4 Å². The maximum Gasteiger partial charge on any atom is 0.155 e. The molecule has 0 aliphatic carbocycles. The summed E-state index contributed by atoms with van der Waals surface area (Å²) in [4.78, 5) is 4.57. The maximum absolute atomic E-state index is 5.35. The zero-order chi connectivity index (χ0) is 11.0. The number of fused-ring (bicyclic) bond motifs is 1. The fourth-order valence-electron chi connectivity index (χ4n) is 2.13. The molecular formula is C12H15N3O. The monoisotopic (exact) mass is 217 g/mol. The fourth-order valence-corrected chi connectivity index (χ4v) is 2.13. The molecule has 16 heavy (non-hydrogen) atoms. The summed E-state index contributed by atoms with van der Waals surface area (Å²) >= 11 is 0. The Balaban J connectivity index is 1.97. The van der Waals surface area contributed by atoms with Crippen molar-refractivity contribution in [1.82, 2.24) is 14.6 Å². The zero-order valence-corrected chi connectivity index (χ0v) is 9.39. The molecule has 0 unspecified atom stereocenters. The van der Waals surface area contributed by atoms with Crippen molar-refractivity contribution < 1.29 is 4.74 Å². The summed E-state index contributed by atoms with van der Waals surface area (Å²) < 4.78 is 7.23. The van der Waals surface area contributed by atoms with E-state index in [1.54, 1.807) is 0 Å². The summed E-state index contributed by atoms with van der Waals surface area (Å²) in [5.74, 6) is 1.43. The van der Waals surface area contributed by atoms with Crippen LogP contribution in [0.5, 0.6) is 0 Å². The summed E-state index contributed by atoms with van der Waals surface area (Å²) in [5, 5.41) is 4.55. The van der Waals surface area contributed by atoms with Gasteiger partial charge in [-0.15, -0.1) is 0 Å². The highest BCUT2D eigenvalue weighted by molar-refractivity contribution is 5.38. The van der Waals surface area contributed by atoms with Gasteiger partial charge in [0.05, 0.1) is 0 Å². The van der Waals surface area contributed by atoms with Gasteiger partial charge in [0.15, 0.2) is 11.5 Å². The van der Waals surface area contributed by atoms with Crippen LogP contribution >= 0.6 is 0 Å². The molecule has 2 aromatic heterocycles. The third kappa shape index (κ3) is 1.69. The van der Waals surface area contributed by atoms with Gasteiger partial charge >= 0.3 is 0 Å². The van der Waals surface area contributed by atoms with Gasteiger partial charge in [0.2, 0.25) is 0 Å². The van der Waals surface area contributed by atoms with Crippen LogP contribution in [0.3, 0.4) is 0 Å². The van der Waals surface area contributed by atoms with E-state index in [0.717, 1.165) is 37.5 Å². The highest BCUT2D eigenvalue weighted by Gasteiger charge is 2.20. The molecule has 0 aromatic carbocycles. The molecular weight excluding hydrogens is 202 g/mol. The number of pyridine rings is 1. The number of ether oxygens (including phenoxy) is 1. The zero-order valence-electron chi connectivity index (χ0n) is 9.39.